The number of carbonyl (C=O) groups excluding carboxylic acids is 3. The normalized spacial score (nSPS) is 15.2. The van der Waals surface area contributed by atoms with Gasteiger partial charge in [0.2, 0.25) is 5.91 Å². The average molecular weight is 830 g/mol. The first-order valence-corrected chi connectivity index (χ1v) is 20.2. The lowest BCUT2D eigenvalue weighted by Gasteiger charge is -2.36. The van der Waals surface area contributed by atoms with Crippen LogP contribution in [0.5, 0.6) is 0 Å². The number of rotatable bonds is 17. The molecule has 8 N–H and O–H groups in total. The highest BCUT2D eigenvalue weighted by Gasteiger charge is 2.26. The first kappa shape index (κ1) is 42.9. The summed E-state index contributed by atoms with van der Waals surface area (Å²) in [6.07, 6.45) is 8.35. The van der Waals surface area contributed by atoms with Crippen molar-refractivity contribution in [2.45, 2.75) is 38.8 Å². The number of hydrogen-bond acceptors (Lipinski definition) is 14. The number of pyridine rings is 4. The summed E-state index contributed by atoms with van der Waals surface area (Å²) in [4.78, 5) is 73.1. The number of anilines is 2. The number of likely N-dealkylation sites (tertiary alicyclic amines) is 1. The minimum atomic E-state index is -0.320. The van der Waals surface area contributed by atoms with Crippen molar-refractivity contribution in [1.82, 2.24) is 45.4 Å². The standard InChI is InChI=1S/C40H52ClN13O5/c1-2-28-22-34-35(50-38(28)56)21-27(23-46-34)26-51-16-18-52(19-17-51)29-3-4-32(47-24-29)39(57)45-11-20-59-30-7-12-53(13-8-30)40(58)33-6-5-31(37(41)49-33)48-36(55)25-44-10-15-54(43)14-9-42/h3-6,9,14,21-24,30,44H,2,7-8,10-13,15-20,25-26,42-43H2,1H3,(H,45,57)(H,48,55)(H,50,56)/b14-9-. The van der Waals surface area contributed by atoms with Crippen LogP contribution in [0.4, 0.5) is 11.4 Å². The van der Waals surface area contributed by atoms with Crippen LogP contribution < -0.4 is 38.0 Å². The van der Waals surface area contributed by atoms with E-state index >= 15 is 0 Å². The third kappa shape index (κ3) is 12.0. The molecule has 2 fully saturated rings. The van der Waals surface area contributed by atoms with Gasteiger partial charge in [0.05, 0.1) is 47.9 Å². The van der Waals surface area contributed by atoms with Gasteiger partial charge in [-0.05, 0) is 61.2 Å². The number of aryl methyl sites for hydroxylation is 1. The molecule has 2 saturated heterocycles. The van der Waals surface area contributed by atoms with Gasteiger partial charge in [0.1, 0.15) is 11.4 Å². The number of piperidine rings is 1. The van der Waals surface area contributed by atoms with Crippen molar-refractivity contribution >= 4 is 51.7 Å². The molecule has 0 saturated carbocycles. The number of nitrogens with one attached hydrogen (secondary N) is 4. The molecular formula is C40H52ClN13O5. The Hall–Kier alpha value is -5.66. The number of halogens is 1. The lowest BCUT2D eigenvalue weighted by molar-refractivity contribution is -0.115. The number of nitrogens with zero attached hydrogens (tertiary/aromatic N) is 7. The van der Waals surface area contributed by atoms with Gasteiger partial charge in [-0.2, -0.15) is 0 Å². The molecule has 59 heavy (non-hydrogen) atoms. The first-order valence-electron chi connectivity index (χ1n) is 19.8. The molecule has 19 heteroatoms. The topological polar surface area (TPSA) is 233 Å². The summed E-state index contributed by atoms with van der Waals surface area (Å²) in [6.45, 7) is 8.62. The molecule has 0 aromatic carbocycles. The van der Waals surface area contributed by atoms with Gasteiger partial charge in [-0.3, -0.25) is 29.1 Å². The molecule has 0 bridgehead atoms. The molecule has 2 aliphatic rings. The number of nitrogens with two attached hydrogens (primary N) is 2. The van der Waals surface area contributed by atoms with Gasteiger partial charge in [0, 0.05) is 89.6 Å². The van der Waals surface area contributed by atoms with E-state index in [4.69, 9.17) is 27.9 Å². The Morgan fingerprint density at radius 1 is 1.02 bits per heavy atom. The summed E-state index contributed by atoms with van der Waals surface area (Å²) in [5.41, 5.74) is 10.4. The van der Waals surface area contributed by atoms with E-state index in [1.165, 1.54) is 23.5 Å². The molecule has 314 valence electrons. The van der Waals surface area contributed by atoms with Crippen LogP contribution in [0.3, 0.4) is 0 Å². The number of amides is 3. The van der Waals surface area contributed by atoms with Gasteiger partial charge in [0.15, 0.2) is 5.15 Å². The maximum atomic E-state index is 13.2. The molecule has 18 nitrogen and oxygen atoms in total. The maximum Gasteiger partial charge on any atom is 0.272 e. The Morgan fingerprint density at radius 2 is 1.80 bits per heavy atom. The number of fused-ring (bicyclic) bond motifs is 1. The van der Waals surface area contributed by atoms with Crippen molar-refractivity contribution in [3.05, 3.63) is 99.2 Å². The van der Waals surface area contributed by atoms with Crippen LogP contribution in [0.25, 0.3) is 11.0 Å². The molecule has 0 atom stereocenters. The zero-order chi connectivity index (χ0) is 41.7. The predicted molar refractivity (Wildman–Crippen MR) is 226 cm³/mol. The van der Waals surface area contributed by atoms with E-state index in [0.717, 1.165) is 60.6 Å². The Labute approximate surface area is 347 Å². The smallest absolute Gasteiger partial charge is 0.272 e. The minimum Gasteiger partial charge on any atom is -0.403 e. The van der Waals surface area contributed by atoms with Crippen LogP contribution in [0.2, 0.25) is 5.15 Å². The molecule has 4 aromatic rings. The number of aromatic nitrogens is 4. The summed E-state index contributed by atoms with van der Waals surface area (Å²) in [7, 11) is 0. The van der Waals surface area contributed by atoms with E-state index in [1.54, 1.807) is 23.2 Å². The average Bonchev–Trinajstić information content (AvgIpc) is 3.24. The number of carbonyl (C=O) groups is 3. The van der Waals surface area contributed by atoms with Gasteiger partial charge in [0.25, 0.3) is 17.4 Å². The van der Waals surface area contributed by atoms with Crippen LogP contribution >= 0.6 is 11.6 Å². The highest BCUT2D eigenvalue weighted by atomic mass is 35.5. The summed E-state index contributed by atoms with van der Waals surface area (Å²) >= 11 is 6.31. The zero-order valence-electron chi connectivity index (χ0n) is 33.2. The zero-order valence-corrected chi connectivity index (χ0v) is 33.9. The largest absolute Gasteiger partial charge is 0.403 e. The van der Waals surface area contributed by atoms with Crippen LogP contribution in [-0.4, -0.2) is 131 Å². The van der Waals surface area contributed by atoms with Crippen LogP contribution in [0.1, 0.15) is 51.9 Å². The highest BCUT2D eigenvalue weighted by Crippen LogP contribution is 2.22. The lowest BCUT2D eigenvalue weighted by Crippen LogP contribution is -2.46. The summed E-state index contributed by atoms with van der Waals surface area (Å²) in [5.74, 6) is 4.84. The third-order valence-electron chi connectivity index (χ3n) is 10.3. The van der Waals surface area contributed by atoms with E-state index in [0.29, 0.717) is 70.0 Å². The van der Waals surface area contributed by atoms with Crippen molar-refractivity contribution in [3.8, 4) is 0 Å². The van der Waals surface area contributed by atoms with Crippen LogP contribution in [0.15, 0.2) is 66.0 Å². The number of H-pyrrole nitrogens is 1. The lowest BCUT2D eigenvalue weighted by atomic mass is 10.1. The Kier molecular flexibility index (Phi) is 15.2. The van der Waals surface area contributed by atoms with Gasteiger partial charge >= 0.3 is 0 Å². The van der Waals surface area contributed by atoms with Gasteiger partial charge in [-0.1, -0.05) is 18.5 Å². The van der Waals surface area contributed by atoms with Crippen LogP contribution in [0, 0.1) is 0 Å². The summed E-state index contributed by atoms with van der Waals surface area (Å²) in [5, 5.41) is 9.94. The second-order valence-corrected chi connectivity index (χ2v) is 14.7. The monoisotopic (exact) mass is 829 g/mol. The second-order valence-electron chi connectivity index (χ2n) is 14.4. The second kappa shape index (κ2) is 20.9. The van der Waals surface area contributed by atoms with E-state index in [1.807, 2.05) is 31.3 Å². The number of aromatic amines is 1. The number of piperazine rings is 1. The molecule has 2 aliphatic heterocycles. The highest BCUT2D eigenvalue weighted by molar-refractivity contribution is 6.32. The number of hydrogen-bond donors (Lipinski definition) is 6. The molecule has 0 unspecified atom stereocenters. The molecule has 6 rings (SSSR count). The molecule has 0 aliphatic carbocycles. The Balaban J connectivity index is 0.853. The number of hydrazine groups is 1. The summed E-state index contributed by atoms with van der Waals surface area (Å²) in [6, 6.07) is 10.6. The van der Waals surface area contributed by atoms with Crippen molar-refractivity contribution in [2.75, 3.05) is 82.3 Å². The molecule has 3 amide bonds. The Bertz CT molecular complexity index is 2150. The quantitative estimate of drug-likeness (QED) is 0.0383. The minimum absolute atomic E-state index is 0.0186. The van der Waals surface area contributed by atoms with E-state index in [2.05, 4.69) is 45.7 Å². The summed E-state index contributed by atoms with van der Waals surface area (Å²) < 4.78 is 6.01. The first-order chi connectivity index (χ1) is 28.6. The van der Waals surface area contributed by atoms with E-state index in [-0.39, 0.29) is 46.8 Å². The van der Waals surface area contributed by atoms with Crippen molar-refractivity contribution < 1.29 is 19.1 Å². The Morgan fingerprint density at radius 3 is 2.51 bits per heavy atom. The fraction of sp³-hybridized carbons (Fsp3) is 0.425. The predicted octanol–water partition coefficient (Wildman–Crippen LogP) is 1.44. The van der Waals surface area contributed by atoms with Gasteiger partial charge < -0.3 is 46.2 Å². The van der Waals surface area contributed by atoms with E-state index < -0.39 is 0 Å². The molecular weight excluding hydrogens is 778 g/mol. The third-order valence-corrected chi connectivity index (χ3v) is 10.5. The van der Waals surface area contributed by atoms with E-state index in [9.17, 15) is 19.2 Å². The van der Waals surface area contributed by atoms with Crippen molar-refractivity contribution in [3.63, 3.8) is 0 Å². The molecule has 0 radical (unpaired) electrons. The van der Waals surface area contributed by atoms with Gasteiger partial charge in [-0.15, -0.1) is 0 Å². The maximum absolute atomic E-state index is 13.2. The fourth-order valence-corrected chi connectivity index (χ4v) is 7.15. The van der Waals surface area contributed by atoms with Crippen molar-refractivity contribution in [1.29, 1.82) is 0 Å². The SMILES string of the molecule is CCc1cc2ncc(CN3CCN(c4ccc(C(=O)NCCOC5CCN(C(=O)c6ccc(NC(=O)CNCCN(N)/C=C\N)c(Cl)n6)CC5)nc4)CC3)cc2[nH]c1=O. The van der Waals surface area contributed by atoms with Crippen LogP contribution in [-0.2, 0) is 22.5 Å². The molecule has 6 heterocycles. The fourth-order valence-electron chi connectivity index (χ4n) is 6.95. The number of ether oxygens (including phenoxy) is 1. The molecule has 0 spiro atoms. The molecule has 4 aromatic heterocycles. The van der Waals surface area contributed by atoms with Crippen molar-refractivity contribution in [2.24, 2.45) is 11.6 Å². The van der Waals surface area contributed by atoms with Gasteiger partial charge in [-0.25, -0.2) is 15.8 Å².